The molecule has 0 radical (unpaired) electrons. The summed E-state index contributed by atoms with van der Waals surface area (Å²) in [6.45, 7) is -0.373. The van der Waals surface area contributed by atoms with Crippen molar-refractivity contribution in [1.29, 1.82) is 0 Å². The first kappa shape index (κ1) is 18.2. The SMILES string of the molecule is COC(=O)C(I)CNS(=O)(=O)c1ccccc1C(F)(F)F. The molecule has 0 amide bonds. The van der Waals surface area contributed by atoms with E-state index in [2.05, 4.69) is 4.74 Å². The summed E-state index contributed by atoms with van der Waals surface area (Å²) in [7, 11) is -3.27. The Labute approximate surface area is 133 Å². The summed E-state index contributed by atoms with van der Waals surface area (Å²) < 4.78 is 67.8. The number of carbonyl (C=O) groups is 1. The average molecular weight is 437 g/mol. The Morgan fingerprint density at radius 2 is 1.95 bits per heavy atom. The first-order chi connectivity index (χ1) is 9.59. The van der Waals surface area contributed by atoms with Gasteiger partial charge in [-0.3, -0.25) is 4.79 Å². The van der Waals surface area contributed by atoms with Gasteiger partial charge in [0.1, 0.15) is 3.92 Å². The van der Waals surface area contributed by atoms with Gasteiger partial charge in [0.2, 0.25) is 10.0 Å². The van der Waals surface area contributed by atoms with Gasteiger partial charge < -0.3 is 4.74 Å². The maximum atomic E-state index is 12.8. The van der Waals surface area contributed by atoms with Crippen LogP contribution in [0.15, 0.2) is 29.2 Å². The van der Waals surface area contributed by atoms with Crippen LogP contribution >= 0.6 is 22.6 Å². The van der Waals surface area contributed by atoms with Crippen molar-refractivity contribution in [3.8, 4) is 0 Å². The molecule has 1 aromatic rings. The number of hydrogen-bond acceptors (Lipinski definition) is 4. The third-order valence-corrected chi connectivity index (χ3v) is 4.82. The molecule has 0 bridgehead atoms. The molecule has 1 aromatic carbocycles. The summed E-state index contributed by atoms with van der Waals surface area (Å²) >= 11 is 1.63. The van der Waals surface area contributed by atoms with Gasteiger partial charge in [0.25, 0.3) is 0 Å². The fourth-order valence-corrected chi connectivity index (χ4v) is 3.45. The van der Waals surface area contributed by atoms with Crippen LogP contribution in [0, 0.1) is 0 Å². The van der Waals surface area contributed by atoms with Crippen LogP contribution in [0.4, 0.5) is 13.2 Å². The van der Waals surface area contributed by atoms with Gasteiger partial charge >= 0.3 is 12.1 Å². The zero-order valence-electron chi connectivity index (χ0n) is 10.6. The Morgan fingerprint density at radius 1 is 1.38 bits per heavy atom. The molecule has 0 fully saturated rings. The minimum Gasteiger partial charge on any atom is -0.468 e. The third kappa shape index (κ3) is 4.81. The van der Waals surface area contributed by atoms with Crippen molar-refractivity contribution in [3.05, 3.63) is 29.8 Å². The van der Waals surface area contributed by atoms with Crippen molar-refractivity contribution in [2.75, 3.05) is 13.7 Å². The molecule has 0 spiro atoms. The van der Waals surface area contributed by atoms with E-state index in [9.17, 15) is 26.4 Å². The van der Waals surface area contributed by atoms with Gasteiger partial charge in [0, 0.05) is 6.54 Å². The molecule has 10 heteroatoms. The molecule has 1 atom stereocenters. The maximum Gasteiger partial charge on any atom is 0.417 e. The van der Waals surface area contributed by atoms with E-state index < -0.39 is 36.6 Å². The quantitative estimate of drug-likeness (QED) is 0.435. The van der Waals surface area contributed by atoms with Crippen LogP contribution in [-0.4, -0.2) is 32.0 Å². The molecular weight excluding hydrogens is 426 g/mol. The number of hydrogen-bond donors (Lipinski definition) is 1. The first-order valence-electron chi connectivity index (χ1n) is 5.47. The molecular formula is C11H11F3INO4S. The fourth-order valence-electron chi connectivity index (χ4n) is 1.41. The van der Waals surface area contributed by atoms with E-state index in [1.54, 1.807) is 22.6 Å². The van der Waals surface area contributed by atoms with Crippen molar-refractivity contribution in [3.63, 3.8) is 0 Å². The molecule has 0 aliphatic carbocycles. The molecule has 0 aromatic heterocycles. The van der Waals surface area contributed by atoms with Crippen LogP contribution in [0.2, 0.25) is 0 Å². The van der Waals surface area contributed by atoms with Crippen molar-refractivity contribution in [2.24, 2.45) is 0 Å². The van der Waals surface area contributed by atoms with Crippen LogP contribution in [0.3, 0.4) is 0 Å². The number of alkyl halides is 4. The van der Waals surface area contributed by atoms with E-state index in [-0.39, 0.29) is 6.54 Å². The van der Waals surface area contributed by atoms with Gasteiger partial charge in [0.15, 0.2) is 0 Å². The summed E-state index contributed by atoms with van der Waals surface area (Å²) in [6, 6.07) is 3.81. The van der Waals surface area contributed by atoms with Crippen molar-refractivity contribution in [1.82, 2.24) is 4.72 Å². The summed E-state index contributed by atoms with van der Waals surface area (Å²) in [5.41, 5.74) is -1.26. The first-order valence-corrected chi connectivity index (χ1v) is 8.20. The number of esters is 1. The molecule has 0 aliphatic heterocycles. The Morgan fingerprint density at radius 3 is 2.48 bits per heavy atom. The fraction of sp³-hybridized carbons (Fsp3) is 0.364. The van der Waals surface area contributed by atoms with Gasteiger partial charge in [-0.15, -0.1) is 0 Å². The molecule has 1 N–H and O–H groups in total. The number of ether oxygens (including phenoxy) is 1. The van der Waals surface area contributed by atoms with Crippen LogP contribution in [0.25, 0.3) is 0 Å². The predicted octanol–water partition coefficient (Wildman–Crippen LogP) is 1.96. The minimum atomic E-state index is -4.79. The number of nitrogens with one attached hydrogen (secondary N) is 1. The Kier molecular flexibility index (Phi) is 5.99. The second-order valence-corrected chi connectivity index (χ2v) is 7.08. The van der Waals surface area contributed by atoms with E-state index >= 15 is 0 Å². The highest BCUT2D eigenvalue weighted by Gasteiger charge is 2.37. The zero-order valence-corrected chi connectivity index (χ0v) is 13.6. The van der Waals surface area contributed by atoms with Crippen molar-refractivity contribution in [2.45, 2.75) is 15.0 Å². The number of carbonyl (C=O) groups excluding carboxylic acids is 1. The van der Waals surface area contributed by atoms with Crippen LogP contribution in [0.1, 0.15) is 5.56 Å². The van der Waals surface area contributed by atoms with Gasteiger partial charge in [-0.2, -0.15) is 13.2 Å². The number of benzene rings is 1. The molecule has 0 heterocycles. The predicted molar refractivity (Wildman–Crippen MR) is 76.5 cm³/mol. The smallest absolute Gasteiger partial charge is 0.417 e. The summed E-state index contributed by atoms with van der Waals surface area (Å²) in [5, 5.41) is 0. The van der Waals surface area contributed by atoms with E-state index in [0.29, 0.717) is 6.07 Å². The molecule has 0 aliphatic rings. The maximum absolute atomic E-state index is 12.8. The largest absolute Gasteiger partial charge is 0.468 e. The summed E-state index contributed by atoms with van der Waals surface area (Å²) in [6.07, 6.45) is -4.79. The lowest BCUT2D eigenvalue weighted by molar-refractivity contribution is -0.140. The minimum absolute atomic E-state index is 0.373. The lowest BCUT2D eigenvalue weighted by Crippen LogP contribution is -2.34. The number of methoxy groups -OCH3 is 1. The molecule has 0 saturated carbocycles. The third-order valence-electron chi connectivity index (χ3n) is 2.39. The number of halogens is 4. The Hall–Kier alpha value is -0.880. The summed E-state index contributed by atoms with van der Waals surface area (Å²) in [5.74, 6) is -0.678. The van der Waals surface area contributed by atoms with Crippen LogP contribution in [0.5, 0.6) is 0 Å². The molecule has 1 unspecified atom stereocenters. The van der Waals surface area contributed by atoms with Crippen molar-refractivity contribution >= 4 is 38.6 Å². The monoisotopic (exact) mass is 437 g/mol. The molecule has 0 saturated heterocycles. The number of sulfonamides is 1. The second-order valence-electron chi connectivity index (χ2n) is 3.84. The highest BCUT2D eigenvalue weighted by atomic mass is 127. The van der Waals surface area contributed by atoms with Crippen LogP contribution in [-0.2, 0) is 25.7 Å². The van der Waals surface area contributed by atoms with Gasteiger partial charge in [-0.1, -0.05) is 34.7 Å². The highest BCUT2D eigenvalue weighted by Crippen LogP contribution is 2.33. The van der Waals surface area contributed by atoms with Crippen molar-refractivity contribution < 1.29 is 31.1 Å². The Balaban J connectivity index is 3.02. The van der Waals surface area contributed by atoms with Gasteiger partial charge in [0.05, 0.1) is 17.6 Å². The zero-order chi connectivity index (χ0) is 16.3. The van der Waals surface area contributed by atoms with E-state index in [4.69, 9.17) is 0 Å². The second kappa shape index (κ2) is 6.92. The van der Waals surface area contributed by atoms with E-state index in [1.807, 2.05) is 4.72 Å². The molecule has 118 valence electrons. The molecule has 1 rings (SSSR count). The standard InChI is InChI=1S/C11H11F3INO4S/c1-20-10(17)8(15)6-16-21(18,19)9-5-3-2-4-7(9)11(12,13)14/h2-5,8,16H,6H2,1H3. The topological polar surface area (TPSA) is 72.5 Å². The molecule has 21 heavy (non-hydrogen) atoms. The molecule has 5 nitrogen and oxygen atoms in total. The highest BCUT2D eigenvalue weighted by molar-refractivity contribution is 14.1. The number of rotatable bonds is 5. The van der Waals surface area contributed by atoms with Gasteiger partial charge in [-0.05, 0) is 12.1 Å². The van der Waals surface area contributed by atoms with Crippen LogP contribution < -0.4 is 4.72 Å². The Bertz CT molecular complexity index is 618. The van der Waals surface area contributed by atoms with Gasteiger partial charge in [-0.25, -0.2) is 13.1 Å². The normalized spacial score (nSPS) is 13.8. The average Bonchev–Trinajstić information content (AvgIpc) is 2.43. The lowest BCUT2D eigenvalue weighted by atomic mass is 10.2. The van der Waals surface area contributed by atoms with E-state index in [1.165, 1.54) is 6.07 Å². The van der Waals surface area contributed by atoms with E-state index in [0.717, 1.165) is 19.2 Å². The summed E-state index contributed by atoms with van der Waals surface area (Å²) in [4.78, 5) is 10.3. The lowest BCUT2D eigenvalue weighted by Gasteiger charge is -2.14.